The predicted molar refractivity (Wildman–Crippen MR) is 84.4 cm³/mol. The molecule has 0 aliphatic heterocycles. The first-order valence-corrected chi connectivity index (χ1v) is 7.66. The minimum absolute atomic E-state index is 0.0448. The molecule has 0 aromatic carbocycles. The average Bonchev–Trinajstić information content (AvgIpc) is 2.94. The summed E-state index contributed by atoms with van der Waals surface area (Å²) >= 11 is 1.40. The van der Waals surface area contributed by atoms with Crippen LogP contribution in [0.1, 0.15) is 64.5 Å². The molecule has 5 nitrogen and oxygen atoms in total. The van der Waals surface area contributed by atoms with Crippen molar-refractivity contribution in [2.24, 2.45) is 0 Å². The van der Waals surface area contributed by atoms with Crippen LogP contribution in [-0.4, -0.2) is 21.7 Å². The molecule has 1 amide bonds. The lowest BCUT2D eigenvalue weighted by Gasteiger charge is -2.02. The van der Waals surface area contributed by atoms with Gasteiger partial charge in [0.25, 0.3) is 5.91 Å². The minimum atomic E-state index is -0.271. The number of hydrogen-bond acceptors (Lipinski definition) is 4. The molecule has 0 radical (unpaired) electrons. The van der Waals surface area contributed by atoms with E-state index in [0.717, 1.165) is 5.69 Å². The van der Waals surface area contributed by atoms with E-state index < -0.39 is 0 Å². The number of aromatic nitrogens is 2. The summed E-state index contributed by atoms with van der Waals surface area (Å²) in [5, 5.41) is 5.29. The molecule has 0 saturated heterocycles. The molecule has 0 atom stereocenters. The minimum Gasteiger partial charge on any atom is -0.354 e. The van der Waals surface area contributed by atoms with Gasteiger partial charge in [-0.2, -0.15) is 0 Å². The molecule has 0 aliphatic rings. The molecule has 0 spiro atoms. The molecule has 0 fully saturated rings. The molecule has 0 aliphatic carbocycles. The van der Waals surface area contributed by atoms with Crippen LogP contribution in [0.15, 0.2) is 5.38 Å². The second kappa shape index (κ2) is 5.81. The lowest BCUT2D eigenvalue weighted by molar-refractivity contribution is 0.101. The maximum Gasteiger partial charge on any atom is 0.274 e. The van der Waals surface area contributed by atoms with Gasteiger partial charge in [-0.25, -0.2) is 4.98 Å². The van der Waals surface area contributed by atoms with E-state index >= 15 is 0 Å². The lowest BCUT2D eigenvalue weighted by atomic mass is 10.1. The Balaban J connectivity index is 2.24. The summed E-state index contributed by atoms with van der Waals surface area (Å²) in [7, 11) is 0. The smallest absolute Gasteiger partial charge is 0.274 e. The van der Waals surface area contributed by atoms with Crippen molar-refractivity contribution in [2.45, 2.75) is 40.5 Å². The number of amides is 1. The number of thiazole rings is 1. The zero-order chi connectivity index (χ0) is 15.7. The van der Waals surface area contributed by atoms with Crippen LogP contribution >= 0.6 is 11.3 Å². The van der Waals surface area contributed by atoms with Gasteiger partial charge in [0.1, 0.15) is 5.69 Å². The van der Waals surface area contributed by atoms with Crippen LogP contribution < -0.4 is 5.32 Å². The second-order valence-electron chi connectivity index (χ2n) is 5.37. The van der Waals surface area contributed by atoms with Crippen LogP contribution in [0.2, 0.25) is 0 Å². The molecule has 2 aromatic rings. The molecule has 0 unspecified atom stereocenters. The molecule has 112 valence electrons. The third-order valence-corrected chi connectivity index (χ3v) is 4.13. The molecule has 21 heavy (non-hydrogen) atoms. The normalized spacial score (nSPS) is 11.0. The highest BCUT2D eigenvalue weighted by Crippen LogP contribution is 2.23. The summed E-state index contributed by atoms with van der Waals surface area (Å²) in [6.07, 6.45) is 0. The van der Waals surface area contributed by atoms with E-state index in [4.69, 9.17) is 0 Å². The molecule has 0 saturated carbocycles. The molecule has 2 N–H and O–H groups in total. The second-order valence-corrected chi connectivity index (χ2v) is 6.23. The Kier molecular flexibility index (Phi) is 4.27. The fourth-order valence-electron chi connectivity index (χ4n) is 2.27. The number of nitrogens with one attached hydrogen (secondary N) is 2. The highest BCUT2D eigenvalue weighted by Gasteiger charge is 2.20. The van der Waals surface area contributed by atoms with Crippen LogP contribution in [0.3, 0.4) is 0 Å². The summed E-state index contributed by atoms with van der Waals surface area (Å²) in [6.45, 7) is 9.18. The fraction of sp³-hybridized carbons (Fsp3) is 0.400. The predicted octanol–water partition coefficient (Wildman–Crippen LogP) is 3.67. The van der Waals surface area contributed by atoms with E-state index in [9.17, 15) is 9.59 Å². The topological polar surface area (TPSA) is 74.8 Å². The van der Waals surface area contributed by atoms with E-state index in [-0.39, 0.29) is 11.7 Å². The molecule has 2 heterocycles. The number of nitrogens with zero attached hydrogens (tertiary/aromatic N) is 1. The van der Waals surface area contributed by atoms with Gasteiger partial charge < -0.3 is 4.98 Å². The average molecular weight is 305 g/mol. The van der Waals surface area contributed by atoms with Crippen molar-refractivity contribution < 1.29 is 9.59 Å². The largest absolute Gasteiger partial charge is 0.354 e. The Morgan fingerprint density at radius 3 is 2.48 bits per heavy atom. The number of hydrogen-bond donors (Lipinski definition) is 2. The monoisotopic (exact) mass is 305 g/mol. The van der Waals surface area contributed by atoms with Crippen molar-refractivity contribution in [3.05, 3.63) is 33.6 Å². The highest BCUT2D eigenvalue weighted by molar-refractivity contribution is 7.14. The number of carbonyl (C=O) groups excluding carboxylic acids is 2. The number of rotatable bonds is 4. The van der Waals surface area contributed by atoms with Gasteiger partial charge in [0.05, 0.1) is 5.69 Å². The highest BCUT2D eigenvalue weighted by atomic mass is 32.1. The molecule has 2 rings (SSSR count). The van der Waals surface area contributed by atoms with Gasteiger partial charge in [-0.15, -0.1) is 11.3 Å². The van der Waals surface area contributed by atoms with Gasteiger partial charge in [-0.3, -0.25) is 14.9 Å². The van der Waals surface area contributed by atoms with Crippen LogP contribution in [-0.2, 0) is 0 Å². The first-order valence-electron chi connectivity index (χ1n) is 6.78. The number of ketones is 1. The SMILES string of the molecule is CC(=O)c1c(C)[nH]c(C(=O)Nc2nc(C(C)C)cs2)c1C. The van der Waals surface area contributed by atoms with Crippen LogP contribution in [0.25, 0.3) is 0 Å². The Hall–Kier alpha value is -1.95. The number of carbonyl (C=O) groups is 2. The first kappa shape index (κ1) is 15.4. The van der Waals surface area contributed by atoms with Crippen LogP contribution in [0.5, 0.6) is 0 Å². The molecular weight excluding hydrogens is 286 g/mol. The fourth-order valence-corrected chi connectivity index (χ4v) is 3.14. The summed E-state index contributed by atoms with van der Waals surface area (Å²) in [5.41, 5.74) is 3.35. The van der Waals surface area contributed by atoms with Gasteiger partial charge in [-0.05, 0) is 32.3 Å². The van der Waals surface area contributed by atoms with E-state index in [1.807, 2.05) is 5.38 Å². The summed E-state index contributed by atoms with van der Waals surface area (Å²) < 4.78 is 0. The number of aryl methyl sites for hydroxylation is 1. The van der Waals surface area contributed by atoms with Gasteiger partial charge >= 0.3 is 0 Å². The molecule has 0 bridgehead atoms. The van der Waals surface area contributed by atoms with Crippen LogP contribution in [0, 0.1) is 13.8 Å². The van der Waals surface area contributed by atoms with Gasteiger partial charge in [0.15, 0.2) is 10.9 Å². The van der Waals surface area contributed by atoms with Gasteiger partial charge in [-0.1, -0.05) is 13.8 Å². The van der Waals surface area contributed by atoms with Crippen LogP contribution in [0.4, 0.5) is 5.13 Å². The van der Waals surface area contributed by atoms with E-state index in [2.05, 4.69) is 29.1 Å². The third-order valence-electron chi connectivity index (χ3n) is 3.35. The van der Waals surface area contributed by atoms with Crippen molar-refractivity contribution in [3.8, 4) is 0 Å². The number of Topliss-reactive ketones (excluding diaryl/α,β-unsaturated/α-hetero) is 1. The van der Waals surface area contributed by atoms with Crippen molar-refractivity contribution in [2.75, 3.05) is 5.32 Å². The molecule has 2 aromatic heterocycles. The maximum absolute atomic E-state index is 12.3. The first-order chi connectivity index (χ1) is 9.81. The maximum atomic E-state index is 12.3. The standard InChI is InChI=1S/C15H19N3O2S/c1-7(2)11-6-21-15(17-11)18-14(20)13-8(3)12(10(5)19)9(4)16-13/h6-7,16H,1-5H3,(H,17,18,20). The zero-order valence-corrected chi connectivity index (χ0v) is 13.6. The van der Waals surface area contributed by atoms with Crippen molar-refractivity contribution in [1.29, 1.82) is 0 Å². The summed E-state index contributed by atoms with van der Waals surface area (Å²) in [6, 6.07) is 0. The number of H-pyrrole nitrogens is 1. The van der Waals surface area contributed by atoms with E-state index in [0.29, 0.717) is 33.6 Å². The Bertz CT molecular complexity index is 698. The van der Waals surface area contributed by atoms with E-state index in [1.54, 1.807) is 13.8 Å². The zero-order valence-electron chi connectivity index (χ0n) is 12.8. The summed E-state index contributed by atoms with van der Waals surface area (Å²) in [5.74, 6) is 0.00934. The van der Waals surface area contributed by atoms with Crippen molar-refractivity contribution in [1.82, 2.24) is 9.97 Å². The third kappa shape index (κ3) is 3.05. The quantitative estimate of drug-likeness (QED) is 0.846. The van der Waals surface area contributed by atoms with Gasteiger partial charge in [0, 0.05) is 16.6 Å². The molecule has 6 heteroatoms. The van der Waals surface area contributed by atoms with Crippen molar-refractivity contribution in [3.63, 3.8) is 0 Å². The molecular formula is C15H19N3O2S. The number of anilines is 1. The Morgan fingerprint density at radius 1 is 1.33 bits per heavy atom. The van der Waals surface area contributed by atoms with Gasteiger partial charge in [0.2, 0.25) is 0 Å². The van der Waals surface area contributed by atoms with E-state index in [1.165, 1.54) is 18.3 Å². The van der Waals surface area contributed by atoms with Crippen molar-refractivity contribution >= 4 is 28.2 Å². The summed E-state index contributed by atoms with van der Waals surface area (Å²) in [4.78, 5) is 31.3. The lowest BCUT2D eigenvalue weighted by Crippen LogP contribution is -2.13. The Labute approximate surface area is 127 Å². The Morgan fingerprint density at radius 2 is 2.00 bits per heavy atom. The number of aromatic amines is 1.